The molecule has 2 nitrogen and oxygen atoms in total. The van der Waals surface area contributed by atoms with E-state index in [0.29, 0.717) is 12.2 Å². The Bertz CT molecular complexity index is 111. The Morgan fingerprint density at radius 2 is 1.92 bits per heavy atom. The van der Waals surface area contributed by atoms with E-state index in [-0.39, 0.29) is 0 Å². The number of unbranched alkanes of at least 4 members (excludes halogenated alkanes) is 1. The molecule has 1 N–H and O–H groups in total. The van der Waals surface area contributed by atoms with Gasteiger partial charge < -0.3 is 5.32 Å². The molecule has 0 aliphatic carbocycles. The van der Waals surface area contributed by atoms with Gasteiger partial charge in [0.15, 0.2) is 0 Å². The van der Waals surface area contributed by atoms with Gasteiger partial charge in [-0.15, -0.1) is 0 Å². The summed E-state index contributed by atoms with van der Waals surface area (Å²) in [7, 11) is 4.25. The van der Waals surface area contributed by atoms with E-state index in [4.69, 9.17) is 0 Å². The van der Waals surface area contributed by atoms with Crippen LogP contribution < -0.4 is 5.32 Å². The zero-order valence-corrected chi connectivity index (χ0v) is 9.93. The first-order chi connectivity index (χ1) is 6.17. The highest BCUT2D eigenvalue weighted by Gasteiger charge is 2.15. The van der Waals surface area contributed by atoms with Crippen molar-refractivity contribution in [3.05, 3.63) is 0 Å². The van der Waals surface area contributed by atoms with Crippen molar-refractivity contribution in [1.82, 2.24) is 10.2 Å². The predicted octanol–water partition coefficient (Wildman–Crippen LogP) is 2.45. The van der Waals surface area contributed by atoms with Crippen LogP contribution in [0.1, 0.15) is 46.5 Å². The van der Waals surface area contributed by atoms with E-state index < -0.39 is 0 Å². The molecule has 2 atom stereocenters. The first-order valence-corrected chi connectivity index (χ1v) is 5.56. The minimum absolute atomic E-state index is 0.534. The Labute approximate surface area is 83.7 Å². The van der Waals surface area contributed by atoms with Gasteiger partial charge in [0.1, 0.15) is 0 Å². The lowest BCUT2D eigenvalue weighted by Crippen LogP contribution is -2.45. The first-order valence-electron chi connectivity index (χ1n) is 5.56. The summed E-state index contributed by atoms with van der Waals surface area (Å²) >= 11 is 0. The monoisotopic (exact) mass is 186 g/mol. The van der Waals surface area contributed by atoms with Crippen LogP contribution in [0.4, 0.5) is 0 Å². The van der Waals surface area contributed by atoms with Crippen molar-refractivity contribution in [3.63, 3.8) is 0 Å². The lowest BCUT2D eigenvalue weighted by molar-refractivity contribution is 0.148. The summed E-state index contributed by atoms with van der Waals surface area (Å²) in [4.78, 5) is 2.44. The molecule has 0 radical (unpaired) electrons. The fraction of sp³-hybridized carbons (Fsp3) is 1.00. The van der Waals surface area contributed by atoms with Gasteiger partial charge in [0, 0.05) is 6.04 Å². The molecule has 0 amide bonds. The number of rotatable bonds is 7. The van der Waals surface area contributed by atoms with Crippen LogP contribution >= 0.6 is 0 Å². The molecule has 0 rings (SSSR count). The summed E-state index contributed by atoms with van der Waals surface area (Å²) in [6.07, 6.45) is 5.65. The van der Waals surface area contributed by atoms with Gasteiger partial charge >= 0.3 is 0 Å². The maximum absolute atomic E-state index is 3.33. The summed E-state index contributed by atoms with van der Waals surface area (Å²) in [5.41, 5.74) is 0. The normalized spacial score (nSPS) is 16.2. The standard InChI is InChI=1S/C11H26N2/c1-6-8-9-10(3)13(5)11(7-2)12-4/h10-12H,6-9H2,1-5H3. The van der Waals surface area contributed by atoms with Crippen molar-refractivity contribution in [2.24, 2.45) is 0 Å². The third kappa shape index (κ3) is 4.63. The molecular formula is C11H26N2. The molecule has 0 spiro atoms. The van der Waals surface area contributed by atoms with Gasteiger partial charge in [-0.2, -0.15) is 0 Å². The van der Waals surface area contributed by atoms with E-state index in [0.717, 1.165) is 0 Å². The van der Waals surface area contributed by atoms with E-state index in [2.05, 4.69) is 38.0 Å². The van der Waals surface area contributed by atoms with Crippen molar-refractivity contribution < 1.29 is 0 Å². The zero-order chi connectivity index (χ0) is 10.3. The summed E-state index contributed by atoms with van der Waals surface area (Å²) in [6, 6.07) is 0.692. The van der Waals surface area contributed by atoms with Crippen LogP contribution in [0.15, 0.2) is 0 Å². The Morgan fingerprint density at radius 3 is 2.31 bits per heavy atom. The molecule has 0 saturated heterocycles. The highest BCUT2D eigenvalue weighted by molar-refractivity contribution is 4.69. The highest BCUT2D eigenvalue weighted by Crippen LogP contribution is 2.09. The van der Waals surface area contributed by atoms with E-state index in [1.807, 2.05) is 7.05 Å². The van der Waals surface area contributed by atoms with Gasteiger partial charge in [-0.05, 0) is 33.9 Å². The van der Waals surface area contributed by atoms with Crippen LogP contribution in [0.3, 0.4) is 0 Å². The molecule has 0 saturated carbocycles. The maximum atomic E-state index is 3.33. The summed E-state index contributed by atoms with van der Waals surface area (Å²) in [5.74, 6) is 0. The smallest absolute Gasteiger partial charge is 0.0591 e. The second kappa shape index (κ2) is 7.34. The predicted molar refractivity (Wildman–Crippen MR) is 59.9 cm³/mol. The van der Waals surface area contributed by atoms with Crippen molar-refractivity contribution >= 4 is 0 Å². The fourth-order valence-electron chi connectivity index (χ4n) is 1.71. The summed E-state index contributed by atoms with van der Waals surface area (Å²) < 4.78 is 0. The van der Waals surface area contributed by atoms with Gasteiger partial charge in [0.25, 0.3) is 0 Å². The van der Waals surface area contributed by atoms with Gasteiger partial charge in [-0.3, -0.25) is 4.90 Å². The average Bonchev–Trinajstić information content (AvgIpc) is 2.15. The molecule has 0 fully saturated rings. The minimum atomic E-state index is 0.534. The highest BCUT2D eigenvalue weighted by atomic mass is 15.3. The number of nitrogens with one attached hydrogen (secondary N) is 1. The summed E-state index contributed by atoms with van der Waals surface area (Å²) in [5, 5.41) is 3.33. The molecule has 0 bridgehead atoms. The average molecular weight is 186 g/mol. The van der Waals surface area contributed by atoms with E-state index in [1.54, 1.807) is 0 Å². The second-order valence-electron chi connectivity index (χ2n) is 3.87. The topological polar surface area (TPSA) is 15.3 Å². The molecule has 0 aromatic carbocycles. The minimum Gasteiger partial charge on any atom is -0.305 e. The van der Waals surface area contributed by atoms with Crippen molar-refractivity contribution in [2.75, 3.05) is 14.1 Å². The summed E-state index contributed by atoms with van der Waals surface area (Å²) in [6.45, 7) is 6.79. The third-order valence-corrected chi connectivity index (χ3v) is 2.88. The largest absolute Gasteiger partial charge is 0.305 e. The molecule has 2 heteroatoms. The maximum Gasteiger partial charge on any atom is 0.0591 e. The lowest BCUT2D eigenvalue weighted by Gasteiger charge is -2.32. The molecule has 0 heterocycles. The van der Waals surface area contributed by atoms with Gasteiger partial charge in [0.05, 0.1) is 6.17 Å². The molecular weight excluding hydrogens is 160 g/mol. The Morgan fingerprint density at radius 1 is 1.31 bits per heavy atom. The Hall–Kier alpha value is -0.0800. The fourth-order valence-corrected chi connectivity index (χ4v) is 1.71. The van der Waals surface area contributed by atoms with E-state index >= 15 is 0 Å². The molecule has 0 aromatic rings. The molecule has 13 heavy (non-hydrogen) atoms. The van der Waals surface area contributed by atoms with E-state index in [1.165, 1.54) is 25.7 Å². The number of hydrogen-bond donors (Lipinski definition) is 1. The van der Waals surface area contributed by atoms with Crippen LogP contribution in [0.2, 0.25) is 0 Å². The molecule has 0 aliphatic rings. The van der Waals surface area contributed by atoms with Gasteiger partial charge in [0.2, 0.25) is 0 Å². The molecule has 2 unspecified atom stereocenters. The van der Waals surface area contributed by atoms with Crippen LogP contribution in [-0.4, -0.2) is 31.2 Å². The SMILES string of the molecule is CCCCC(C)N(C)C(CC)NC. The van der Waals surface area contributed by atoms with Crippen molar-refractivity contribution in [2.45, 2.75) is 58.7 Å². The van der Waals surface area contributed by atoms with Crippen LogP contribution in [0, 0.1) is 0 Å². The van der Waals surface area contributed by atoms with E-state index in [9.17, 15) is 0 Å². The first kappa shape index (κ1) is 12.9. The van der Waals surface area contributed by atoms with Crippen LogP contribution in [0.25, 0.3) is 0 Å². The quantitative estimate of drug-likeness (QED) is 0.614. The number of hydrogen-bond acceptors (Lipinski definition) is 2. The Balaban J connectivity index is 3.83. The van der Waals surface area contributed by atoms with Crippen LogP contribution in [0.5, 0.6) is 0 Å². The Kier molecular flexibility index (Phi) is 7.29. The van der Waals surface area contributed by atoms with Gasteiger partial charge in [-0.25, -0.2) is 0 Å². The molecule has 0 aliphatic heterocycles. The molecule has 80 valence electrons. The van der Waals surface area contributed by atoms with Crippen molar-refractivity contribution in [3.8, 4) is 0 Å². The second-order valence-corrected chi connectivity index (χ2v) is 3.87. The zero-order valence-electron chi connectivity index (χ0n) is 9.93. The number of nitrogens with zero attached hydrogens (tertiary/aromatic N) is 1. The van der Waals surface area contributed by atoms with Gasteiger partial charge in [-0.1, -0.05) is 26.7 Å². The van der Waals surface area contributed by atoms with Crippen LogP contribution in [-0.2, 0) is 0 Å². The third-order valence-electron chi connectivity index (χ3n) is 2.88. The van der Waals surface area contributed by atoms with Crippen molar-refractivity contribution in [1.29, 1.82) is 0 Å². The lowest BCUT2D eigenvalue weighted by atomic mass is 10.1. The molecule has 0 aromatic heterocycles.